The molecule has 6 heteroatoms. The van der Waals surface area contributed by atoms with Crippen molar-refractivity contribution in [1.82, 2.24) is 4.98 Å². The lowest BCUT2D eigenvalue weighted by Crippen LogP contribution is -2.17. The lowest BCUT2D eigenvalue weighted by atomic mass is 10.3. The molecule has 1 heterocycles. The van der Waals surface area contributed by atoms with Gasteiger partial charge >= 0.3 is 6.09 Å². The van der Waals surface area contributed by atoms with E-state index < -0.39 is 6.09 Å². The zero-order valence-electron chi connectivity index (χ0n) is 9.06. The molecule has 0 aliphatic heterocycles. The normalized spacial score (nSPS) is 9.89. The number of anilines is 1. The summed E-state index contributed by atoms with van der Waals surface area (Å²) >= 11 is 8.98. The number of rotatable bonds is 2. The van der Waals surface area contributed by atoms with Crippen LogP contribution in [0.4, 0.5) is 10.6 Å². The van der Waals surface area contributed by atoms with E-state index in [0.717, 1.165) is 4.47 Å². The molecular weight excluding hydrogens is 320 g/mol. The number of amides is 1. The summed E-state index contributed by atoms with van der Waals surface area (Å²) in [7, 11) is 0. The molecule has 0 saturated heterocycles. The van der Waals surface area contributed by atoms with Crippen molar-refractivity contribution in [3.63, 3.8) is 0 Å². The van der Waals surface area contributed by atoms with Crippen molar-refractivity contribution in [2.75, 3.05) is 5.32 Å². The second kappa shape index (κ2) is 5.84. The summed E-state index contributed by atoms with van der Waals surface area (Å²) in [5.74, 6) is 0.825. The van der Waals surface area contributed by atoms with Crippen molar-refractivity contribution in [2.24, 2.45) is 0 Å². The number of hydrogen-bond acceptors (Lipinski definition) is 3. The van der Waals surface area contributed by atoms with Crippen molar-refractivity contribution in [3.8, 4) is 5.75 Å². The van der Waals surface area contributed by atoms with Gasteiger partial charge in [-0.05, 0) is 52.3 Å². The molecule has 18 heavy (non-hydrogen) atoms. The van der Waals surface area contributed by atoms with Crippen LogP contribution in [0.3, 0.4) is 0 Å². The second-order valence-corrected chi connectivity index (χ2v) is 4.68. The number of pyridine rings is 1. The van der Waals surface area contributed by atoms with Gasteiger partial charge in [-0.3, -0.25) is 5.32 Å². The third-order valence-electron chi connectivity index (χ3n) is 1.98. The van der Waals surface area contributed by atoms with Crippen molar-refractivity contribution < 1.29 is 9.53 Å². The molecule has 2 rings (SSSR count). The molecule has 1 amide bonds. The standard InChI is InChI=1S/C12H8BrClN2O2/c13-8-1-6-11(15-7-8)16-12(17)18-10-4-2-9(14)3-5-10/h1-7H,(H,15,16,17). The molecule has 0 unspecified atom stereocenters. The van der Waals surface area contributed by atoms with E-state index in [0.29, 0.717) is 16.6 Å². The van der Waals surface area contributed by atoms with Gasteiger partial charge in [0.25, 0.3) is 0 Å². The first-order valence-electron chi connectivity index (χ1n) is 4.99. The van der Waals surface area contributed by atoms with Crippen LogP contribution in [0.25, 0.3) is 0 Å². The molecule has 1 aromatic heterocycles. The van der Waals surface area contributed by atoms with E-state index in [1.165, 1.54) is 0 Å². The Morgan fingerprint density at radius 2 is 1.94 bits per heavy atom. The average molecular weight is 328 g/mol. The fourth-order valence-corrected chi connectivity index (χ4v) is 1.55. The van der Waals surface area contributed by atoms with Crippen LogP contribution in [0.2, 0.25) is 5.02 Å². The van der Waals surface area contributed by atoms with E-state index in [4.69, 9.17) is 16.3 Å². The van der Waals surface area contributed by atoms with Crippen LogP contribution in [0, 0.1) is 0 Å². The first-order chi connectivity index (χ1) is 8.63. The fourth-order valence-electron chi connectivity index (χ4n) is 1.19. The zero-order valence-corrected chi connectivity index (χ0v) is 11.4. The van der Waals surface area contributed by atoms with Crippen molar-refractivity contribution in [1.29, 1.82) is 0 Å². The summed E-state index contributed by atoms with van der Waals surface area (Å²) < 4.78 is 5.88. The number of benzene rings is 1. The molecular formula is C12H8BrClN2O2. The number of halogens is 2. The van der Waals surface area contributed by atoms with Gasteiger partial charge in [-0.15, -0.1) is 0 Å². The molecule has 0 radical (unpaired) electrons. The van der Waals surface area contributed by atoms with E-state index in [1.54, 1.807) is 42.6 Å². The lowest BCUT2D eigenvalue weighted by molar-refractivity contribution is 0.215. The quantitative estimate of drug-likeness (QED) is 0.903. The largest absolute Gasteiger partial charge is 0.418 e. The van der Waals surface area contributed by atoms with Gasteiger partial charge in [-0.2, -0.15) is 0 Å². The molecule has 0 bridgehead atoms. The molecule has 0 fully saturated rings. The van der Waals surface area contributed by atoms with Gasteiger partial charge in [0, 0.05) is 15.7 Å². The molecule has 0 spiro atoms. The number of carbonyl (C=O) groups is 1. The van der Waals surface area contributed by atoms with Gasteiger partial charge in [0.05, 0.1) is 0 Å². The highest BCUT2D eigenvalue weighted by atomic mass is 79.9. The van der Waals surface area contributed by atoms with Gasteiger partial charge < -0.3 is 4.74 Å². The third-order valence-corrected chi connectivity index (χ3v) is 2.70. The minimum Gasteiger partial charge on any atom is -0.410 e. The van der Waals surface area contributed by atoms with Gasteiger partial charge in [-0.25, -0.2) is 9.78 Å². The fraction of sp³-hybridized carbons (Fsp3) is 0. The summed E-state index contributed by atoms with van der Waals surface area (Å²) in [4.78, 5) is 15.5. The Morgan fingerprint density at radius 3 is 2.56 bits per heavy atom. The molecule has 0 saturated carbocycles. The Hall–Kier alpha value is -1.59. The van der Waals surface area contributed by atoms with E-state index in [1.807, 2.05) is 0 Å². The van der Waals surface area contributed by atoms with Crippen LogP contribution in [-0.4, -0.2) is 11.1 Å². The van der Waals surface area contributed by atoms with Gasteiger partial charge in [0.1, 0.15) is 11.6 Å². The lowest BCUT2D eigenvalue weighted by Gasteiger charge is -2.05. The van der Waals surface area contributed by atoms with Crippen LogP contribution in [-0.2, 0) is 0 Å². The highest BCUT2D eigenvalue weighted by Gasteiger charge is 2.05. The Balaban J connectivity index is 1.96. The number of nitrogens with zero attached hydrogens (tertiary/aromatic N) is 1. The smallest absolute Gasteiger partial charge is 0.410 e. The monoisotopic (exact) mass is 326 g/mol. The van der Waals surface area contributed by atoms with Crippen molar-refractivity contribution >= 4 is 39.4 Å². The minimum absolute atomic E-state index is 0.411. The van der Waals surface area contributed by atoms with Crippen LogP contribution in [0.5, 0.6) is 5.75 Å². The SMILES string of the molecule is O=C(Nc1ccc(Br)cn1)Oc1ccc(Cl)cc1. The summed E-state index contributed by atoms with van der Waals surface area (Å²) in [5.41, 5.74) is 0. The Kier molecular flexibility index (Phi) is 4.17. The van der Waals surface area contributed by atoms with E-state index >= 15 is 0 Å². The van der Waals surface area contributed by atoms with Gasteiger partial charge in [-0.1, -0.05) is 11.6 Å². The topological polar surface area (TPSA) is 51.2 Å². The first kappa shape index (κ1) is 12.9. The summed E-state index contributed by atoms with van der Waals surface area (Å²) in [5, 5.41) is 3.09. The highest BCUT2D eigenvalue weighted by molar-refractivity contribution is 9.10. The second-order valence-electron chi connectivity index (χ2n) is 3.33. The molecule has 4 nitrogen and oxygen atoms in total. The van der Waals surface area contributed by atoms with E-state index in [-0.39, 0.29) is 0 Å². The maximum atomic E-state index is 11.5. The minimum atomic E-state index is -0.604. The first-order valence-corrected chi connectivity index (χ1v) is 6.16. The van der Waals surface area contributed by atoms with E-state index in [2.05, 4.69) is 26.2 Å². The average Bonchev–Trinajstić information content (AvgIpc) is 2.35. The number of aromatic nitrogens is 1. The van der Waals surface area contributed by atoms with E-state index in [9.17, 15) is 4.79 Å². The van der Waals surface area contributed by atoms with Gasteiger partial charge in [0.2, 0.25) is 0 Å². The van der Waals surface area contributed by atoms with Crippen LogP contribution in [0.15, 0.2) is 47.1 Å². The van der Waals surface area contributed by atoms with Crippen LogP contribution >= 0.6 is 27.5 Å². The number of carbonyl (C=O) groups excluding carboxylic acids is 1. The molecule has 0 atom stereocenters. The summed E-state index contributed by atoms with van der Waals surface area (Å²) in [6.07, 6.45) is 0.977. The summed E-state index contributed by atoms with van der Waals surface area (Å²) in [6.45, 7) is 0. The van der Waals surface area contributed by atoms with Crippen molar-refractivity contribution in [2.45, 2.75) is 0 Å². The predicted molar refractivity (Wildman–Crippen MR) is 73.0 cm³/mol. The number of nitrogens with one attached hydrogen (secondary N) is 1. The molecule has 2 aromatic rings. The van der Waals surface area contributed by atoms with Crippen LogP contribution < -0.4 is 10.1 Å². The Labute approximate surface area is 117 Å². The Morgan fingerprint density at radius 1 is 1.22 bits per heavy atom. The molecule has 92 valence electrons. The number of ether oxygens (including phenoxy) is 1. The molecule has 0 aliphatic rings. The predicted octanol–water partition coefficient (Wildman–Crippen LogP) is 4.11. The third kappa shape index (κ3) is 3.72. The maximum Gasteiger partial charge on any atom is 0.418 e. The molecule has 1 aromatic carbocycles. The summed E-state index contributed by atoms with van der Waals surface area (Å²) in [6, 6.07) is 9.93. The van der Waals surface area contributed by atoms with Gasteiger partial charge in [0.15, 0.2) is 0 Å². The zero-order chi connectivity index (χ0) is 13.0. The molecule has 0 aliphatic carbocycles. The Bertz CT molecular complexity index is 494. The maximum absolute atomic E-state index is 11.5. The van der Waals surface area contributed by atoms with Crippen molar-refractivity contribution in [3.05, 3.63) is 52.1 Å². The van der Waals surface area contributed by atoms with Crippen LogP contribution in [0.1, 0.15) is 0 Å². The molecule has 1 N–H and O–H groups in total. The highest BCUT2D eigenvalue weighted by Crippen LogP contribution is 2.16. The number of hydrogen-bond donors (Lipinski definition) is 1.